The van der Waals surface area contributed by atoms with Gasteiger partial charge in [-0.2, -0.15) is 0 Å². The first kappa shape index (κ1) is 18.1. The molecule has 0 atom stereocenters. The standard InChI is InChI=1S/C23H18N2O2S/c1-16(26)18-11-13-19(14-12-18)22(27)25(15-17-7-3-2-4-8-17)23-24-20-9-5-6-10-21(20)28-23/h2-14H,15H2,1H3. The van der Waals surface area contributed by atoms with E-state index < -0.39 is 0 Å². The maximum absolute atomic E-state index is 13.3. The Labute approximate surface area is 167 Å². The highest BCUT2D eigenvalue weighted by atomic mass is 32.1. The van der Waals surface area contributed by atoms with E-state index in [2.05, 4.69) is 4.98 Å². The summed E-state index contributed by atoms with van der Waals surface area (Å²) in [5, 5.41) is 0.658. The molecule has 1 heterocycles. The summed E-state index contributed by atoms with van der Waals surface area (Å²) in [5.74, 6) is -0.163. The lowest BCUT2D eigenvalue weighted by atomic mass is 10.1. The molecule has 138 valence electrons. The van der Waals surface area contributed by atoms with Crippen molar-refractivity contribution in [1.82, 2.24) is 4.98 Å². The lowest BCUT2D eigenvalue weighted by Crippen LogP contribution is -2.30. The molecule has 0 N–H and O–H groups in total. The summed E-state index contributed by atoms with van der Waals surface area (Å²) in [5.41, 5.74) is 3.02. The summed E-state index contributed by atoms with van der Waals surface area (Å²) in [6, 6.07) is 24.5. The van der Waals surface area contributed by atoms with Gasteiger partial charge in [-0.05, 0) is 36.8 Å². The molecule has 0 radical (unpaired) electrons. The van der Waals surface area contributed by atoms with E-state index in [0.29, 0.717) is 22.8 Å². The maximum atomic E-state index is 13.3. The number of anilines is 1. The van der Waals surface area contributed by atoms with Gasteiger partial charge in [0.2, 0.25) is 0 Å². The molecule has 1 aromatic heterocycles. The lowest BCUT2D eigenvalue weighted by Gasteiger charge is -2.20. The SMILES string of the molecule is CC(=O)c1ccc(C(=O)N(Cc2ccccc2)c2nc3ccccc3s2)cc1. The van der Waals surface area contributed by atoms with Gasteiger partial charge in [0.15, 0.2) is 10.9 Å². The third-order valence-electron chi connectivity index (χ3n) is 4.48. The number of hydrogen-bond donors (Lipinski definition) is 0. The van der Waals surface area contributed by atoms with Crippen molar-refractivity contribution in [3.05, 3.63) is 95.6 Å². The fraction of sp³-hybridized carbons (Fsp3) is 0.0870. The molecule has 4 nitrogen and oxygen atoms in total. The number of carbonyl (C=O) groups is 2. The highest BCUT2D eigenvalue weighted by Crippen LogP contribution is 2.30. The summed E-state index contributed by atoms with van der Waals surface area (Å²) >= 11 is 1.50. The van der Waals surface area contributed by atoms with Gasteiger partial charge in [0.1, 0.15) is 0 Å². The first-order valence-electron chi connectivity index (χ1n) is 8.94. The van der Waals surface area contributed by atoms with E-state index in [4.69, 9.17) is 0 Å². The molecule has 3 aromatic carbocycles. The first-order chi connectivity index (χ1) is 13.6. The number of carbonyl (C=O) groups excluding carboxylic acids is 2. The number of para-hydroxylation sites is 1. The molecule has 0 spiro atoms. The molecule has 5 heteroatoms. The van der Waals surface area contributed by atoms with E-state index >= 15 is 0 Å². The van der Waals surface area contributed by atoms with Crippen molar-refractivity contribution in [1.29, 1.82) is 0 Å². The van der Waals surface area contributed by atoms with Gasteiger partial charge in [-0.15, -0.1) is 0 Å². The molecule has 1 amide bonds. The Kier molecular flexibility index (Phi) is 5.00. The van der Waals surface area contributed by atoms with Gasteiger partial charge in [0.25, 0.3) is 5.91 Å². The van der Waals surface area contributed by atoms with Crippen molar-refractivity contribution in [2.75, 3.05) is 4.90 Å². The Hall–Kier alpha value is -3.31. The van der Waals surface area contributed by atoms with Crippen LogP contribution in [0.3, 0.4) is 0 Å². The average molecular weight is 386 g/mol. The van der Waals surface area contributed by atoms with Crippen molar-refractivity contribution >= 4 is 38.4 Å². The molecule has 0 saturated heterocycles. The number of rotatable bonds is 5. The zero-order chi connectivity index (χ0) is 19.5. The predicted octanol–water partition coefficient (Wildman–Crippen LogP) is 5.35. The van der Waals surface area contributed by atoms with Crippen molar-refractivity contribution < 1.29 is 9.59 Å². The largest absolute Gasteiger partial charge is 0.295 e. The minimum absolute atomic E-state index is 0.0219. The van der Waals surface area contributed by atoms with E-state index in [1.54, 1.807) is 29.2 Å². The van der Waals surface area contributed by atoms with Gasteiger partial charge in [0, 0.05) is 11.1 Å². The van der Waals surface area contributed by atoms with Gasteiger partial charge in [0.05, 0.1) is 16.8 Å². The molecule has 4 aromatic rings. The molecule has 0 fully saturated rings. The van der Waals surface area contributed by atoms with Gasteiger partial charge < -0.3 is 0 Å². The monoisotopic (exact) mass is 386 g/mol. The minimum atomic E-state index is -0.141. The summed E-state index contributed by atoms with van der Waals surface area (Å²) in [6.45, 7) is 1.94. The van der Waals surface area contributed by atoms with Crippen molar-refractivity contribution in [3.8, 4) is 0 Å². The summed E-state index contributed by atoms with van der Waals surface area (Å²) in [7, 11) is 0. The molecule has 4 rings (SSSR count). The van der Waals surface area contributed by atoms with Gasteiger partial charge >= 0.3 is 0 Å². The summed E-state index contributed by atoms with van der Waals surface area (Å²) in [6.07, 6.45) is 0. The van der Waals surface area contributed by atoms with E-state index in [9.17, 15) is 9.59 Å². The first-order valence-corrected chi connectivity index (χ1v) is 9.76. The van der Waals surface area contributed by atoms with Crippen molar-refractivity contribution in [3.63, 3.8) is 0 Å². The molecular formula is C23H18N2O2S. The van der Waals surface area contributed by atoms with Crippen LogP contribution in [0.4, 0.5) is 5.13 Å². The van der Waals surface area contributed by atoms with Crippen LogP contribution in [0.1, 0.15) is 33.2 Å². The quantitative estimate of drug-likeness (QED) is 0.435. The topological polar surface area (TPSA) is 50.3 Å². The second-order valence-corrected chi connectivity index (χ2v) is 7.48. The van der Waals surface area contributed by atoms with Crippen LogP contribution in [0, 0.1) is 0 Å². The fourth-order valence-corrected chi connectivity index (χ4v) is 3.93. The number of amides is 1. The Morgan fingerprint density at radius 2 is 1.50 bits per heavy atom. The number of benzene rings is 3. The Morgan fingerprint density at radius 1 is 0.857 bits per heavy atom. The number of hydrogen-bond acceptors (Lipinski definition) is 4. The minimum Gasteiger partial charge on any atom is -0.295 e. The van der Waals surface area contributed by atoms with Crippen LogP contribution in [0.25, 0.3) is 10.2 Å². The molecule has 0 saturated carbocycles. The van der Waals surface area contributed by atoms with E-state index in [1.165, 1.54) is 18.3 Å². The van der Waals surface area contributed by atoms with E-state index in [0.717, 1.165) is 15.8 Å². The molecule has 0 aliphatic rings. The van der Waals surface area contributed by atoms with Crippen molar-refractivity contribution in [2.24, 2.45) is 0 Å². The molecule has 0 bridgehead atoms. The fourth-order valence-electron chi connectivity index (χ4n) is 2.97. The van der Waals surface area contributed by atoms with Gasteiger partial charge in [-0.3, -0.25) is 14.5 Å². The number of Topliss-reactive ketones (excluding diaryl/α,β-unsaturated/α-hetero) is 1. The smallest absolute Gasteiger partial charge is 0.260 e. The molecule has 28 heavy (non-hydrogen) atoms. The molecule has 0 unspecified atom stereocenters. The molecule has 0 aliphatic heterocycles. The van der Waals surface area contributed by atoms with Gasteiger partial charge in [-0.25, -0.2) is 4.98 Å². The predicted molar refractivity (Wildman–Crippen MR) is 113 cm³/mol. The third-order valence-corrected chi connectivity index (χ3v) is 5.54. The van der Waals surface area contributed by atoms with E-state index in [-0.39, 0.29) is 11.7 Å². The highest BCUT2D eigenvalue weighted by Gasteiger charge is 2.22. The van der Waals surface area contributed by atoms with Crippen LogP contribution in [0.2, 0.25) is 0 Å². The zero-order valence-corrected chi connectivity index (χ0v) is 16.1. The average Bonchev–Trinajstić information content (AvgIpc) is 3.16. The van der Waals surface area contributed by atoms with Crippen LogP contribution in [0.15, 0.2) is 78.9 Å². The number of ketones is 1. The van der Waals surface area contributed by atoms with Crippen LogP contribution < -0.4 is 4.90 Å². The van der Waals surface area contributed by atoms with Crippen LogP contribution in [0.5, 0.6) is 0 Å². The second kappa shape index (κ2) is 7.74. The van der Waals surface area contributed by atoms with Crippen molar-refractivity contribution in [2.45, 2.75) is 13.5 Å². The number of aromatic nitrogens is 1. The third kappa shape index (κ3) is 3.70. The number of thiazole rings is 1. The number of fused-ring (bicyclic) bond motifs is 1. The Morgan fingerprint density at radius 3 is 2.18 bits per heavy atom. The Bertz CT molecular complexity index is 1100. The second-order valence-electron chi connectivity index (χ2n) is 6.47. The highest BCUT2D eigenvalue weighted by molar-refractivity contribution is 7.22. The number of nitrogens with zero attached hydrogens (tertiary/aromatic N) is 2. The van der Waals surface area contributed by atoms with Crippen LogP contribution in [-0.2, 0) is 6.54 Å². The van der Waals surface area contributed by atoms with E-state index in [1.807, 2.05) is 54.6 Å². The normalized spacial score (nSPS) is 10.8. The molecular weight excluding hydrogens is 368 g/mol. The summed E-state index contributed by atoms with van der Waals surface area (Å²) in [4.78, 5) is 31.2. The lowest BCUT2D eigenvalue weighted by molar-refractivity contribution is 0.0981. The Balaban J connectivity index is 1.73. The maximum Gasteiger partial charge on any atom is 0.260 e. The van der Waals surface area contributed by atoms with Crippen LogP contribution >= 0.6 is 11.3 Å². The van der Waals surface area contributed by atoms with Gasteiger partial charge in [-0.1, -0.05) is 65.9 Å². The summed E-state index contributed by atoms with van der Waals surface area (Å²) < 4.78 is 1.04. The van der Waals surface area contributed by atoms with Crippen LogP contribution in [-0.4, -0.2) is 16.7 Å². The zero-order valence-electron chi connectivity index (χ0n) is 15.3. The molecule has 0 aliphatic carbocycles.